The predicted molar refractivity (Wildman–Crippen MR) is 109 cm³/mol. The van der Waals surface area contributed by atoms with Gasteiger partial charge < -0.3 is 15.5 Å². The van der Waals surface area contributed by atoms with Gasteiger partial charge in [-0.15, -0.1) is 0 Å². The van der Waals surface area contributed by atoms with Gasteiger partial charge in [0.25, 0.3) is 5.91 Å². The molecular weight excluding hydrogens is 354 g/mol. The highest BCUT2D eigenvalue weighted by molar-refractivity contribution is 6.03. The normalized spacial score (nSPS) is 19.4. The topological polar surface area (TPSA) is 79.3 Å². The fraction of sp³-hybridized carbons (Fsp3) is 0.476. The van der Waals surface area contributed by atoms with E-state index in [9.17, 15) is 9.59 Å². The molecule has 28 heavy (non-hydrogen) atoms. The zero-order chi connectivity index (χ0) is 19.5. The highest BCUT2D eigenvalue weighted by Gasteiger charge is 2.24. The highest BCUT2D eigenvalue weighted by atomic mass is 16.2. The smallest absolute Gasteiger partial charge is 0.276 e. The van der Waals surface area contributed by atoms with Crippen molar-refractivity contribution in [2.24, 2.45) is 0 Å². The number of carbonyl (C=O) groups is 2. The first-order valence-corrected chi connectivity index (χ1v) is 10.2. The molecule has 1 saturated heterocycles. The highest BCUT2D eigenvalue weighted by Crippen LogP contribution is 2.30. The number of nitrogens with one attached hydrogen (secondary N) is 2. The number of amides is 2. The average Bonchev–Trinajstić information content (AvgIpc) is 3.21. The van der Waals surface area contributed by atoms with Crippen molar-refractivity contribution in [3.05, 3.63) is 41.7 Å². The van der Waals surface area contributed by atoms with Crippen LogP contribution >= 0.6 is 0 Å². The molecule has 0 spiro atoms. The van der Waals surface area contributed by atoms with Gasteiger partial charge in [-0.2, -0.15) is 5.10 Å². The molecule has 2 aromatic rings. The Kier molecular flexibility index (Phi) is 5.43. The van der Waals surface area contributed by atoms with Crippen molar-refractivity contribution in [1.29, 1.82) is 0 Å². The molecule has 7 heteroatoms. The number of rotatable bonds is 5. The first-order valence-electron chi connectivity index (χ1n) is 10.2. The summed E-state index contributed by atoms with van der Waals surface area (Å²) >= 11 is 0. The molecule has 2 N–H and O–H groups in total. The Balaban J connectivity index is 1.46. The van der Waals surface area contributed by atoms with Crippen molar-refractivity contribution in [3.8, 4) is 0 Å². The Morgan fingerprint density at radius 3 is 3.00 bits per heavy atom. The molecule has 7 nitrogen and oxygen atoms in total. The molecule has 1 unspecified atom stereocenters. The predicted octanol–water partition coefficient (Wildman–Crippen LogP) is 2.75. The van der Waals surface area contributed by atoms with Crippen molar-refractivity contribution < 1.29 is 9.59 Å². The van der Waals surface area contributed by atoms with Crippen molar-refractivity contribution in [2.75, 3.05) is 29.9 Å². The Morgan fingerprint density at radius 2 is 2.21 bits per heavy atom. The van der Waals surface area contributed by atoms with E-state index in [0.29, 0.717) is 24.6 Å². The fourth-order valence-corrected chi connectivity index (χ4v) is 4.02. The molecule has 1 aromatic carbocycles. The van der Waals surface area contributed by atoms with Crippen molar-refractivity contribution in [1.82, 2.24) is 15.1 Å². The van der Waals surface area contributed by atoms with Crippen LogP contribution in [0, 0.1) is 0 Å². The largest absolute Gasteiger partial charge is 0.321 e. The SMILES string of the molecule is CCCN1C(=O)CCc2cc(NC(=O)c3ccn(C4CCCNC4)n3)ccc21. The third-order valence-electron chi connectivity index (χ3n) is 5.47. The number of aromatic nitrogens is 2. The van der Waals surface area contributed by atoms with Gasteiger partial charge in [-0.25, -0.2) is 0 Å². The van der Waals surface area contributed by atoms with E-state index >= 15 is 0 Å². The summed E-state index contributed by atoms with van der Waals surface area (Å²) in [7, 11) is 0. The van der Waals surface area contributed by atoms with Crippen LogP contribution in [0.15, 0.2) is 30.5 Å². The number of piperidine rings is 1. The van der Waals surface area contributed by atoms with Crippen LogP contribution in [0.2, 0.25) is 0 Å². The zero-order valence-corrected chi connectivity index (χ0v) is 16.3. The molecule has 3 heterocycles. The number of fused-ring (bicyclic) bond motifs is 1. The van der Waals surface area contributed by atoms with Gasteiger partial charge in [0.2, 0.25) is 5.91 Å². The van der Waals surface area contributed by atoms with Gasteiger partial charge >= 0.3 is 0 Å². The first kappa shape index (κ1) is 18.7. The second kappa shape index (κ2) is 8.14. The molecule has 2 amide bonds. The van der Waals surface area contributed by atoms with Crippen LogP contribution in [0.4, 0.5) is 11.4 Å². The van der Waals surface area contributed by atoms with E-state index in [2.05, 4.69) is 22.7 Å². The third-order valence-corrected chi connectivity index (χ3v) is 5.47. The molecule has 1 aromatic heterocycles. The van der Waals surface area contributed by atoms with Crippen molar-refractivity contribution in [2.45, 2.75) is 45.1 Å². The molecule has 2 aliphatic rings. The maximum absolute atomic E-state index is 12.6. The minimum Gasteiger partial charge on any atom is -0.321 e. The van der Waals surface area contributed by atoms with Gasteiger partial charge in [0.15, 0.2) is 5.69 Å². The van der Waals surface area contributed by atoms with Gasteiger partial charge in [-0.1, -0.05) is 6.92 Å². The van der Waals surface area contributed by atoms with E-state index in [0.717, 1.165) is 55.8 Å². The number of hydrogen-bond donors (Lipinski definition) is 2. The number of carbonyl (C=O) groups excluding carboxylic acids is 2. The first-order chi connectivity index (χ1) is 13.7. The minimum atomic E-state index is -0.209. The van der Waals surface area contributed by atoms with E-state index in [-0.39, 0.29) is 11.8 Å². The lowest BCUT2D eigenvalue weighted by Crippen LogP contribution is -2.35. The summed E-state index contributed by atoms with van der Waals surface area (Å²) in [5, 5.41) is 10.8. The van der Waals surface area contributed by atoms with Crippen LogP contribution in [-0.2, 0) is 11.2 Å². The van der Waals surface area contributed by atoms with Gasteiger partial charge in [0.05, 0.1) is 6.04 Å². The number of anilines is 2. The fourth-order valence-electron chi connectivity index (χ4n) is 4.02. The van der Waals surface area contributed by atoms with Crippen LogP contribution in [0.1, 0.15) is 54.7 Å². The van der Waals surface area contributed by atoms with Gasteiger partial charge in [-0.05, 0) is 62.1 Å². The average molecular weight is 381 g/mol. The van der Waals surface area contributed by atoms with Crippen molar-refractivity contribution in [3.63, 3.8) is 0 Å². The summed E-state index contributed by atoms with van der Waals surface area (Å²) in [5.74, 6) is -0.0337. The number of hydrogen-bond acceptors (Lipinski definition) is 4. The second-order valence-electron chi connectivity index (χ2n) is 7.52. The molecule has 0 aliphatic carbocycles. The molecule has 4 rings (SSSR count). The van der Waals surface area contributed by atoms with Gasteiger partial charge in [0, 0.05) is 37.1 Å². The maximum Gasteiger partial charge on any atom is 0.276 e. The molecule has 1 fully saturated rings. The summed E-state index contributed by atoms with van der Waals surface area (Å²) in [6.45, 7) is 4.73. The van der Waals surface area contributed by atoms with E-state index < -0.39 is 0 Å². The van der Waals surface area contributed by atoms with Crippen LogP contribution in [0.25, 0.3) is 0 Å². The summed E-state index contributed by atoms with van der Waals surface area (Å²) in [5.41, 5.74) is 3.23. The van der Waals surface area contributed by atoms with Crippen LogP contribution in [0.5, 0.6) is 0 Å². The summed E-state index contributed by atoms with van der Waals surface area (Å²) in [6.07, 6.45) is 6.23. The lowest BCUT2D eigenvalue weighted by atomic mass is 10.00. The molecule has 0 radical (unpaired) electrons. The molecule has 1 atom stereocenters. The van der Waals surface area contributed by atoms with E-state index in [4.69, 9.17) is 0 Å². The van der Waals surface area contributed by atoms with E-state index in [1.54, 1.807) is 6.07 Å². The molecule has 2 aliphatic heterocycles. The monoisotopic (exact) mass is 381 g/mol. The molecule has 148 valence electrons. The Labute approximate surface area is 165 Å². The lowest BCUT2D eigenvalue weighted by molar-refractivity contribution is -0.118. The van der Waals surface area contributed by atoms with Crippen LogP contribution in [0.3, 0.4) is 0 Å². The van der Waals surface area contributed by atoms with Gasteiger partial charge in [-0.3, -0.25) is 14.3 Å². The minimum absolute atomic E-state index is 0.175. The Hall–Kier alpha value is -2.67. The standard InChI is InChI=1S/C21H27N5O2/c1-2-11-25-19-7-6-16(13-15(19)5-8-20(25)27)23-21(28)18-9-12-26(24-18)17-4-3-10-22-14-17/h6-7,9,12-13,17,22H,2-5,8,10-11,14H2,1H3,(H,23,28). The lowest BCUT2D eigenvalue weighted by Gasteiger charge is -2.29. The molecular formula is C21H27N5O2. The van der Waals surface area contributed by atoms with Crippen LogP contribution in [-0.4, -0.2) is 41.2 Å². The maximum atomic E-state index is 12.6. The van der Waals surface area contributed by atoms with Gasteiger partial charge in [0.1, 0.15) is 0 Å². The Bertz CT molecular complexity index is 869. The number of benzene rings is 1. The Morgan fingerprint density at radius 1 is 1.32 bits per heavy atom. The number of aryl methyl sites for hydroxylation is 1. The second-order valence-corrected chi connectivity index (χ2v) is 7.52. The van der Waals surface area contributed by atoms with Crippen molar-refractivity contribution >= 4 is 23.2 Å². The summed E-state index contributed by atoms with van der Waals surface area (Å²) < 4.78 is 1.89. The molecule has 0 saturated carbocycles. The third kappa shape index (κ3) is 3.80. The van der Waals surface area contributed by atoms with E-state index in [1.807, 2.05) is 34.0 Å². The quantitative estimate of drug-likeness (QED) is 0.835. The zero-order valence-electron chi connectivity index (χ0n) is 16.3. The summed E-state index contributed by atoms with van der Waals surface area (Å²) in [4.78, 5) is 26.7. The molecule has 0 bridgehead atoms. The van der Waals surface area contributed by atoms with Crippen LogP contribution < -0.4 is 15.5 Å². The number of nitrogens with zero attached hydrogens (tertiary/aromatic N) is 3. The van der Waals surface area contributed by atoms with E-state index in [1.165, 1.54) is 0 Å². The summed E-state index contributed by atoms with van der Waals surface area (Å²) in [6, 6.07) is 7.85.